The Morgan fingerprint density at radius 3 is 2.50 bits per heavy atom. The van der Waals surface area contributed by atoms with E-state index >= 15 is 0 Å². The van der Waals surface area contributed by atoms with Crippen LogP contribution in [0.2, 0.25) is 0 Å². The van der Waals surface area contributed by atoms with E-state index in [1.54, 1.807) is 0 Å². The van der Waals surface area contributed by atoms with Crippen LogP contribution in [0.15, 0.2) is 60.0 Å². The summed E-state index contributed by atoms with van der Waals surface area (Å²) in [4.78, 5) is 13.3. The van der Waals surface area contributed by atoms with Gasteiger partial charge in [0.15, 0.2) is 0 Å². The summed E-state index contributed by atoms with van der Waals surface area (Å²) in [5, 5.41) is 4.98. The molecule has 0 atom stereocenters. The highest BCUT2D eigenvalue weighted by Crippen LogP contribution is 2.29. The quantitative estimate of drug-likeness (QED) is 0.700. The molecule has 0 saturated heterocycles. The first-order chi connectivity index (χ1) is 10.6. The lowest BCUT2D eigenvalue weighted by Crippen LogP contribution is -2.12. The lowest BCUT2D eigenvalue weighted by Gasteiger charge is -2.09. The minimum Gasteiger partial charge on any atom is -0.321 e. The van der Waals surface area contributed by atoms with E-state index in [0.717, 1.165) is 27.3 Å². The average molecular weight is 307 g/mol. The van der Waals surface area contributed by atoms with Crippen LogP contribution in [0.1, 0.15) is 20.8 Å². The van der Waals surface area contributed by atoms with Crippen molar-refractivity contribution in [1.82, 2.24) is 0 Å². The minimum absolute atomic E-state index is 0.0548. The monoisotopic (exact) mass is 307 g/mol. The molecule has 0 radical (unpaired) electrons. The van der Waals surface area contributed by atoms with E-state index in [2.05, 4.69) is 11.4 Å². The summed E-state index contributed by atoms with van der Waals surface area (Å²) < 4.78 is 0. The Kier molecular flexibility index (Phi) is 4.07. The Morgan fingerprint density at radius 2 is 1.77 bits per heavy atom. The van der Waals surface area contributed by atoms with Crippen LogP contribution in [0.3, 0.4) is 0 Å². The summed E-state index contributed by atoms with van der Waals surface area (Å²) in [5.41, 5.74) is 5.17. The van der Waals surface area contributed by atoms with Gasteiger partial charge in [-0.15, -0.1) is 11.3 Å². The van der Waals surface area contributed by atoms with Crippen molar-refractivity contribution in [3.8, 4) is 11.1 Å². The second-order valence-electron chi connectivity index (χ2n) is 5.30. The van der Waals surface area contributed by atoms with Gasteiger partial charge in [0, 0.05) is 11.3 Å². The van der Waals surface area contributed by atoms with Crippen LogP contribution in [0.25, 0.3) is 11.1 Å². The van der Waals surface area contributed by atoms with Gasteiger partial charge in [-0.3, -0.25) is 4.79 Å². The van der Waals surface area contributed by atoms with Gasteiger partial charge in [0.2, 0.25) is 0 Å². The second kappa shape index (κ2) is 6.16. The number of hydrogen-bond acceptors (Lipinski definition) is 2. The molecule has 3 rings (SSSR count). The standard InChI is InChI=1S/C19H17NOS/c1-13-8-9-17(14(2)12-13)20-19(21)18-16(10-11-22-18)15-6-4-3-5-7-15/h3-12H,1-2H3,(H,20,21). The van der Waals surface area contributed by atoms with Gasteiger partial charge < -0.3 is 5.32 Å². The molecule has 0 aliphatic heterocycles. The number of carbonyl (C=O) groups excluding carboxylic acids is 1. The van der Waals surface area contributed by atoms with Crippen LogP contribution in [0, 0.1) is 13.8 Å². The number of benzene rings is 2. The normalized spacial score (nSPS) is 10.5. The van der Waals surface area contributed by atoms with Crippen LogP contribution in [-0.2, 0) is 0 Å². The van der Waals surface area contributed by atoms with Crippen molar-refractivity contribution >= 4 is 22.9 Å². The third kappa shape index (κ3) is 2.95. The van der Waals surface area contributed by atoms with Gasteiger partial charge in [0.25, 0.3) is 5.91 Å². The van der Waals surface area contributed by atoms with Crippen molar-refractivity contribution in [2.75, 3.05) is 5.32 Å². The van der Waals surface area contributed by atoms with E-state index in [1.165, 1.54) is 16.9 Å². The smallest absolute Gasteiger partial charge is 0.266 e. The number of rotatable bonds is 3. The molecule has 0 saturated carbocycles. The molecule has 0 unspecified atom stereocenters. The van der Waals surface area contributed by atoms with E-state index < -0.39 is 0 Å². The summed E-state index contributed by atoms with van der Waals surface area (Å²) in [6.07, 6.45) is 0. The van der Waals surface area contributed by atoms with E-state index in [4.69, 9.17) is 0 Å². The number of thiophene rings is 1. The van der Waals surface area contributed by atoms with Gasteiger partial charge in [-0.1, -0.05) is 48.0 Å². The number of carbonyl (C=O) groups is 1. The van der Waals surface area contributed by atoms with Crippen molar-refractivity contribution in [3.63, 3.8) is 0 Å². The highest BCUT2D eigenvalue weighted by molar-refractivity contribution is 7.12. The first-order valence-corrected chi connectivity index (χ1v) is 8.04. The summed E-state index contributed by atoms with van der Waals surface area (Å²) in [6.45, 7) is 4.06. The van der Waals surface area contributed by atoms with Gasteiger partial charge in [0.05, 0.1) is 4.88 Å². The predicted molar refractivity (Wildman–Crippen MR) is 93.6 cm³/mol. The van der Waals surface area contributed by atoms with E-state index in [-0.39, 0.29) is 5.91 Å². The Labute approximate surface area is 134 Å². The molecule has 1 N–H and O–H groups in total. The number of amides is 1. The summed E-state index contributed by atoms with van der Waals surface area (Å²) in [6, 6.07) is 18.0. The maximum atomic E-state index is 12.6. The summed E-state index contributed by atoms with van der Waals surface area (Å²) >= 11 is 1.47. The van der Waals surface area contributed by atoms with Crippen molar-refractivity contribution in [3.05, 3.63) is 76.0 Å². The van der Waals surface area contributed by atoms with Crippen LogP contribution < -0.4 is 5.32 Å². The third-order valence-corrected chi connectivity index (χ3v) is 4.50. The first-order valence-electron chi connectivity index (χ1n) is 7.16. The van der Waals surface area contributed by atoms with Gasteiger partial charge in [-0.25, -0.2) is 0 Å². The highest BCUT2D eigenvalue weighted by atomic mass is 32.1. The molecule has 1 amide bonds. The number of anilines is 1. The molecule has 2 aromatic carbocycles. The molecule has 0 aliphatic rings. The molecule has 0 spiro atoms. The fourth-order valence-corrected chi connectivity index (χ4v) is 3.27. The van der Waals surface area contributed by atoms with Gasteiger partial charge in [-0.2, -0.15) is 0 Å². The molecule has 0 aliphatic carbocycles. The summed E-state index contributed by atoms with van der Waals surface area (Å²) in [5.74, 6) is -0.0548. The zero-order valence-corrected chi connectivity index (χ0v) is 13.4. The van der Waals surface area contributed by atoms with Crippen LogP contribution in [0.5, 0.6) is 0 Å². The fraction of sp³-hybridized carbons (Fsp3) is 0.105. The predicted octanol–water partition coefficient (Wildman–Crippen LogP) is 5.28. The Bertz CT molecular complexity index is 805. The lowest BCUT2D eigenvalue weighted by molar-refractivity contribution is 0.103. The Hall–Kier alpha value is -2.39. The molecule has 3 aromatic rings. The molecule has 0 fully saturated rings. The Morgan fingerprint density at radius 1 is 1.00 bits per heavy atom. The SMILES string of the molecule is Cc1ccc(NC(=O)c2sccc2-c2ccccc2)c(C)c1. The maximum Gasteiger partial charge on any atom is 0.266 e. The Balaban J connectivity index is 1.89. The summed E-state index contributed by atoms with van der Waals surface area (Å²) in [7, 11) is 0. The van der Waals surface area contributed by atoms with E-state index in [0.29, 0.717) is 0 Å². The average Bonchev–Trinajstić information content (AvgIpc) is 3.00. The van der Waals surface area contributed by atoms with E-state index in [9.17, 15) is 4.79 Å². The highest BCUT2D eigenvalue weighted by Gasteiger charge is 2.15. The third-order valence-electron chi connectivity index (χ3n) is 3.59. The zero-order chi connectivity index (χ0) is 15.5. The number of aryl methyl sites for hydroxylation is 2. The number of hydrogen-bond donors (Lipinski definition) is 1. The van der Waals surface area contributed by atoms with Gasteiger partial charge >= 0.3 is 0 Å². The second-order valence-corrected chi connectivity index (χ2v) is 6.22. The van der Waals surface area contributed by atoms with Crippen LogP contribution in [-0.4, -0.2) is 5.91 Å². The maximum absolute atomic E-state index is 12.6. The van der Waals surface area contributed by atoms with Crippen molar-refractivity contribution in [2.24, 2.45) is 0 Å². The molecule has 110 valence electrons. The first kappa shape index (κ1) is 14.5. The molecule has 1 heterocycles. The molecule has 1 aromatic heterocycles. The van der Waals surface area contributed by atoms with Gasteiger partial charge in [0.1, 0.15) is 0 Å². The van der Waals surface area contributed by atoms with Crippen molar-refractivity contribution < 1.29 is 4.79 Å². The molecule has 3 heteroatoms. The molecule has 22 heavy (non-hydrogen) atoms. The molecule has 0 bridgehead atoms. The van der Waals surface area contributed by atoms with Crippen molar-refractivity contribution in [2.45, 2.75) is 13.8 Å². The molecule has 2 nitrogen and oxygen atoms in total. The van der Waals surface area contributed by atoms with Crippen molar-refractivity contribution in [1.29, 1.82) is 0 Å². The van der Waals surface area contributed by atoms with E-state index in [1.807, 2.05) is 67.8 Å². The zero-order valence-electron chi connectivity index (χ0n) is 12.6. The van der Waals surface area contributed by atoms with Crippen LogP contribution in [0.4, 0.5) is 5.69 Å². The number of nitrogens with one attached hydrogen (secondary N) is 1. The fourth-order valence-electron chi connectivity index (χ4n) is 2.46. The van der Waals surface area contributed by atoms with Crippen LogP contribution >= 0.6 is 11.3 Å². The topological polar surface area (TPSA) is 29.1 Å². The lowest BCUT2D eigenvalue weighted by atomic mass is 10.1. The molecular formula is C19H17NOS. The minimum atomic E-state index is -0.0548. The van der Waals surface area contributed by atoms with Gasteiger partial charge in [-0.05, 0) is 42.5 Å². The molecular weight excluding hydrogens is 290 g/mol. The largest absolute Gasteiger partial charge is 0.321 e.